The van der Waals surface area contributed by atoms with Crippen LogP contribution in [0, 0.1) is 0 Å². The van der Waals surface area contributed by atoms with Crippen molar-refractivity contribution in [1.82, 2.24) is 0 Å². The highest BCUT2D eigenvalue weighted by molar-refractivity contribution is 5.84. The van der Waals surface area contributed by atoms with Crippen LogP contribution in [0.5, 0.6) is 5.75 Å². The van der Waals surface area contributed by atoms with Gasteiger partial charge >= 0.3 is 5.97 Å². The molecule has 2 rings (SSSR count). The van der Waals surface area contributed by atoms with E-state index >= 15 is 0 Å². The zero-order valence-corrected chi connectivity index (χ0v) is 10.6. The molecule has 0 atom stereocenters. The van der Waals surface area contributed by atoms with Crippen LogP contribution in [0.2, 0.25) is 0 Å². The third-order valence-corrected chi connectivity index (χ3v) is 2.51. The average Bonchev–Trinajstić information content (AvgIpc) is 2.87. The second-order valence-corrected chi connectivity index (χ2v) is 3.85. The van der Waals surface area contributed by atoms with Crippen LogP contribution >= 0.6 is 0 Å². The molecule has 0 saturated carbocycles. The number of hydrogen-bond donors (Lipinski definition) is 2. The standard InChI is InChI=1S/C14H15NO4/c1-2-18-12-6-4-3-5-11(12)15-9-10-7-8-13(19-10)14(16)17/h3-8,15H,2,9H2,1H3,(H,16,17). The minimum absolute atomic E-state index is 0.0603. The number of carboxylic acid groups (broad SMARTS) is 1. The highest BCUT2D eigenvalue weighted by Gasteiger charge is 2.09. The number of anilines is 1. The van der Waals surface area contributed by atoms with E-state index in [1.165, 1.54) is 6.07 Å². The van der Waals surface area contributed by atoms with Crippen molar-refractivity contribution >= 4 is 11.7 Å². The van der Waals surface area contributed by atoms with Gasteiger partial charge in [-0.05, 0) is 31.2 Å². The van der Waals surface area contributed by atoms with E-state index < -0.39 is 5.97 Å². The molecule has 0 radical (unpaired) electrons. The van der Waals surface area contributed by atoms with Gasteiger partial charge in [0.15, 0.2) is 0 Å². The number of ether oxygens (including phenoxy) is 1. The third kappa shape index (κ3) is 3.28. The molecule has 1 aromatic carbocycles. The molecular formula is C14H15NO4. The monoisotopic (exact) mass is 261 g/mol. The van der Waals surface area contributed by atoms with E-state index in [1.54, 1.807) is 6.07 Å². The maximum atomic E-state index is 10.7. The summed E-state index contributed by atoms with van der Waals surface area (Å²) >= 11 is 0. The van der Waals surface area contributed by atoms with Gasteiger partial charge in [-0.2, -0.15) is 0 Å². The molecule has 2 aromatic rings. The maximum absolute atomic E-state index is 10.7. The van der Waals surface area contributed by atoms with E-state index in [0.717, 1.165) is 11.4 Å². The van der Waals surface area contributed by atoms with Gasteiger partial charge in [0.1, 0.15) is 11.5 Å². The maximum Gasteiger partial charge on any atom is 0.371 e. The number of aromatic carboxylic acids is 1. The first-order chi connectivity index (χ1) is 9.20. The van der Waals surface area contributed by atoms with Crippen LogP contribution < -0.4 is 10.1 Å². The summed E-state index contributed by atoms with van der Waals surface area (Å²) in [6.07, 6.45) is 0. The van der Waals surface area contributed by atoms with E-state index in [4.69, 9.17) is 14.3 Å². The SMILES string of the molecule is CCOc1ccccc1NCc1ccc(C(=O)O)o1. The number of rotatable bonds is 6. The van der Waals surface area contributed by atoms with Crippen molar-refractivity contribution in [2.45, 2.75) is 13.5 Å². The summed E-state index contributed by atoms with van der Waals surface area (Å²) in [4.78, 5) is 10.7. The van der Waals surface area contributed by atoms with Crippen LogP contribution in [-0.2, 0) is 6.54 Å². The zero-order chi connectivity index (χ0) is 13.7. The number of para-hydroxylation sites is 2. The predicted octanol–water partition coefficient (Wildman–Crippen LogP) is 2.99. The molecule has 0 aliphatic carbocycles. The summed E-state index contributed by atoms with van der Waals surface area (Å²) in [6.45, 7) is 2.91. The Bertz CT molecular complexity index is 562. The normalized spacial score (nSPS) is 10.2. The van der Waals surface area contributed by atoms with Gasteiger partial charge in [0, 0.05) is 0 Å². The van der Waals surface area contributed by atoms with Crippen LogP contribution in [0.25, 0.3) is 0 Å². The van der Waals surface area contributed by atoms with Crippen molar-refractivity contribution in [3.8, 4) is 5.75 Å². The quantitative estimate of drug-likeness (QED) is 0.836. The molecule has 2 N–H and O–H groups in total. The molecule has 19 heavy (non-hydrogen) atoms. The Hall–Kier alpha value is -2.43. The Morgan fingerprint density at radius 3 is 2.79 bits per heavy atom. The van der Waals surface area contributed by atoms with Gasteiger partial charge in [0.05, 0.1) is 18.8 Å². The fourth-order valence-electron chi connectivity index (χ4n) is 1.66. The minimum Gasteiger partial charge on any atom is -0.492 e. The first-order valence-electron chi connectivity index (χ1n) is 5.98. The summed E-state index contributed by atoms with van der Waals surface area (Å²) in [5.41, 5.74) is 0.845. The molecule has 0 amide bonds. The first-order valence-corrected chi connectivity index (χ1v) is 5.98. The Labute approximate surface area is 110 Å². The molecule has 1 aromatic heterocycles. The number of hydrogen-bond acceptors (Lipinski definition) is 4. The number of carbonyl (C=O) groups is 1. The lowest BCUT2D eigenvalue weighted by Crippen LogP contribution is -2.02. The molecule has 0 aliphatic rings. The largest absolute Gasteiger partial charge is 0.492 e. The fourth-order valence-corrected chi connectivity index (χ4v) is 1.66. The van der Waals surface area contributed by atoms with Crippen molar-refractivity contribution in [1.29, 1.82) is 0 Å². The van der Waals surface area contributed by atoms with Gasteiger partial charge in [0.25, 0.3) is 0 Å². The predicted molar refractivity (Wildman–Crippen MR) is 70.6 cm³/mol. The van der Waals surface area contributed by atoms with Gasteiger partial charge in [-0.3, -0.25) is 0 Å². The van der Waals surface area contributed by atoms with Crippen molar-refractivity contribution in [2.75, 3.05) is 11.9 Å². The second kappa shape index (κ2) is 5.95. The molecule has 0 aliphatic heterocycles. The van der Waals surface area contributed by atoms with E-state index in [9.17, 15) is 4.79 Å². The summed E-state index contributed by atoms with van der Waals surface area (Å²) in [5.74, 6) is 0.189. The fraction of sp³-hybridized carbons (Fsp3) is 0.214. The van der Waals surface area contributed by atoms with E-state index in [1.807, 2.05) is 31.2 Å². The molecule has 1 heterocycles. The van der Waals surface area contributed by atoms with E-state index in [2.05, 4.69) is 5.32 Å². The average molecular weight is 261 g/mol. The van der Waals surface area contributed by atoms with Crippen LogP contribution in [0.4, 0.5) is 5.69 Å². The smallest absolute Gasteiger partial charge is 0.371 e. The number of carboxylic acids is 1. The van der Waals surface area contributed by atoms with Crippen LogP contribution in [0.3, 0.4) is 0 Å². The Kier molecular flexibility index (Phi) is 4.07. The van der Waals surface area contributed by atoms with Crippen molar-refractivity contribution in [3.05, 3.63) is 47.9 Å². The molecule has 0 bridgehead atoms. The molecule has 0 saturated heterocycles. The van der Waals surface area contributed by atoms with Gasteiger partial charge < -0.3 is 19.6 Å². The van der Waals surface area contributed by atoms with Crippen LogP contribution in [0.1, 0.15) is 23.2 Å². The lowest BCUT2D eigenvalue weighted by Gasteiger charge is -2.10. The number of furan rings is 1. The Morgan fingerprint density at radius 1 is 1.32 bits per heavy atom. The molecule has 100 valence electrons. The van der Waals surface area contributed by atoms with Crippen molar-refractivity contribution < 1.29 is 19.1 Å². The summed E-state index contributed by atoms with van der Waals surface area (Å²) in [7, 11) is 0. The van der Waals surface area contributed by atoms with Crippen LogP contribution in [-0.4, -0.2) is 17.7 Å². The lowest BCUT2D eigenvalue weighted by atomic mass is 10.3. The minimum atomic E-state index is -1.07. The second-order valence-electron chi connectivity index (χ2n) is 3.85. The number of benzene rings is 1. The van der Waals surface area contributed by atoms with E-state index in [0.29, 0.717) is 18.9 Å². The Balaban J connectivity index is 2.03. The topological polar surface area (TPSA) is 71.7 Å². The third-order valence-electron chi connectivity index (χ3n) is 2.51. The van der Waals surface area contributed by atoms with Gasteiger partial charge in [0.2, 0.25) is 5.76 Å². The molecule has 0 spiro atoms. The van der Waals surface area contributed by atoms with Gasteiger partial charge in [-0.25, -0.2) is 4.79 Å². The molecule has 5 nitrogen and oxygen atoms in total. The summed E-state index contributed by atoms with van der Waals surface area (Å²) < 4.78 is 10.6. The first kappa shape index (κ1) is 13.0. The van der Waals surface area contributed by atoms with E-state index in [-0.39, 0.29) is 5.76 Å². The van der Waals surface area contributed by atoms with Crippen molar-refractivity contribution in [3.63, 3.8) is 0 Å². The summed E-state index contributed by atoms with van der Waals surface area (Å²) in [5, 5.41) is 11.9. The van der Waals surface area contributed by atoms with Crippen molar-refractivity contribution in [2.24, 2.45) is 0 Å². The molecule has 0 fully saturated rings. The van der Waals surface area contributed by atoms with Gasteiger partial charge in [-0.1, -0.05) is 12.1 Å². The highest BCUT2D eigenvalue weighted by Crippen LogP contribution is 2.24. The zero-order valence-electron chi connectivity index (χ0n) is 10.6. The van der Waals surface area contributed by atoms with Gasteiger partial charge in [-0.15, -0.1) is 0 Å². The number of nitrogens with one attached hydrogen (secondary N) is 1. The lowest BCUT2D eigenvalue weighted by molar-refractivity contribution is 0.0660. The van der Waals surface area contributed by atoms with Crippen LogP contribution in [0.15, 0.2) is 40.8 Å². The Morgan fingerprint density at radius 2 is 2.11 bits per heavy atom. The molecule has 0 unspecified atom stereocenters. The molecule has 5 heteroatoms. The highest BCUT2D eigenvalue weighted by atomic mass is 16.5. The summed E-state index contributed by atoms with van der Waals surface area (Å²) in [6, 6.07) is 10.6. The molecular weight excluding hydrogens is 246 g/mol.